The first kappa shape index (κ1) is 110. The third-order valence-electron chi connectivity index (χ3n) is 22.6. The number of Topliss-reactive ketones (excluding diaryl/α,β-unsaturated/α-hetero) is 1. The molecule has 1 aliphatic rings. The maximum Gasteiger partial charge on any atom is 0.305 e. The number of fused-ring (bicyclic) bond motifs is 1. The summed E-state index contributed by atoms with van der Waals surface area (Å²) in [6.07, 6.45) is -2.20. The fourth-order valence-corrected chi connectivity index (χ4v) is 16.3. The van der Waals surface area contributed by atoms with E-state index in [-0.39, 0.29) is 76.7 Å². The number of amides is 14. The number of aromatic amines is 1. The molecule has 14 amide bonds. The van der Waals surface area contributed by atoms with E-state index in [4.69, 9.17) is 5.73 Å². The minimum atomic E-state index is -1.96. The largest absolute Gasteiger partial charge is 0.508 e. The number of nitrogens with zero attached hydrogens (tertiary/aromatic N) is 5. The van der Waals surface area contributed by atoms with Gasteiger partial charge in [0.1, 0.15) is 72.0 Å². The molecule has 0 radical (unpaired) electrons. The predicted molar refractivity (Wildman–Crippen MR) is 498 cm³/mol. The van der Waals surface area contributed by atoms with Gasteiger partial charge in [-0.1, -0.05) is 159 Å². The van der Waals surface area contributed by atoms with Crippen molar-refractivity contribution in [3.05, 3.63) is 197 Å². The zero-order chi connectivity index (χ0) is 97.8. The zero-order valence-corrected chi connectivity index (χ0v) is 76.4. The van der Waals surface area contributed by atoms with Crippen LogP contribution in [0.15, 0.2) is 146 Å². The number of hydrogen-bond donors (Lipinski definition) is 14. The first-order valence-corrected chi connectivity index (χ1v) is 44.5. The highest BCUT2D eigenvalue weighted by Crippen LogP contribution is 2.29. The highest BCUT2D eigenvalue weighted by atomic mass is 32.2. The Morgan fingerprint density at radius 1 is 0.511 bits per heavy atom. The van der Waals surface area contributed by atoms with Crippen LogP contribution in [-0.4, -0.2) is 271 Å². The van der Waals surface area contributed by atoms with Crippen LogP contribution in [-0.2, 0) is 115 Å². The number of benzene rings is 6. The molecule has 0 spiro atoms. The number of thioether (sulfide) groups is 1. The van der Waals surface area contributed by atoms with E-state index < -0.39 is 258 Å². The van der Waals surface area contributed by atoms with Gasteiger partial charge in [-0.2, -0.15) is 11.8 Å². The Morgan fingerprint density at radius 2 is 1.02 bits per heavy atom. The molecule has 7 aromatic rings. The number of aromatic nitrogens is 1. The van der Waals surface area contributed by atoms with Gasteiger partial charge in [-0.15, -0.1) is 0 Å². The average molecular weight is 1900 g/mol. The van der Waals surface area contributed by atoms with E-state index in [1.807, 2.05) is 0 Å². The van der Waals surface area contributed by atoms with E-state index in [1.165, 1.54) is 79.4 Å². The molecule has 730 valence electrons. The Kier molecular flexibility index (Phi) is 42.3. The van der Waals surface area contributed by atoms with E-state index >= 15 is 42.3 Å². The number of rotatable bonds is 23. The number of hydrogen-bond acceptors (Lipinski definition) is 20. The van der Waals surface area contributed by atoms with Gasteiger partial charge in [0.05, 0.1) is 31.8 Å². The molecule has 1 saturated heterocycles. The zero-order valence-electron chi connectivity index (χ0n) is 75.6. The van der Waals surface area contributed by atoms with Gasteiger partial charge < -0.3 is 98.2 Å². The number of H-pyrrole nitrogens is 1. The molecule has 0 saturated carbocycles. The van der Waals surface area contributed by atoms with E-state index in [1.54, 1.807) is 112 Å². The number of unbranched alkanes of at least 4 members (excludes halogenated alkanes) is 1. The lowest BCUT2D eigenvalue weighted by atomic mass is 9.91. The summed E-state index contributed by atoms with van der Waals surface area (Å²) in [5.74, 6) is -27.1. The number of primary amides is 1. The first-order chi connectivity index (χ1) is 63.0. The molecule has 2 heterocycles. The Bertz CT molecular complexity index is 5320. The number of nitrogens with one attached hydrogen (secondary N) is 9. The predicted octanol–water partition coefficient (Wildman–Crippen LogP) is 4.81. The minimum Gasteiger partial charge on any atom is -0.508 e. The number of carboxylic acid groups (broad SMARTS) is 1. The maximum absolute atomic E-state index is 15.5. The van der Waals surface area contributed by atoms with Crippen molar-refractivity contribution >= 4 is 117 Å². The second-order valence-electron chi connectivity index (χ2n) is 33.9. The number of carboxylic acids is 1. The Balaban J connectivity index is 0.0000140. The van der Waals surface area contributed by atoms with Gasteiger partial charge in [0.15, 0.2) is 29.0 Å². The van der Waals surface area contributed by atoms with Gasteiger partial charge in [0.25, 0.3) is 0 Å². The van der Waals surface area contributed by atoms with Crippen LogP contribution in [0.1, 0.15) is 121 Å². The van der Waals surface area contributed by atoms with E-state index in [0.717, 1.165) is 36.6 Å². The molecular formula is C96H124F3N15O20S. The molecule has 11 atom stereocenters. The van der Waals surface area contributed by atoms with E-state index in [9.17, 15) is 68.0 Å². The minimum absolute atomic E-state index is 0. The topological polar surface area (TPSA) is 508 Å². The van der Waals surface area contributed by atoms with Gasteiger partial charge in [0.2, 0.25) is 82.7 Å². The van der Waals surface area contributed by atoms with Crippen molar-refractivity contribution in [1.82, 2.24) is 72.0 Å². The number of phenols is 3. The molecule has 39 heteroatoms. The highest BCUT2D eigenvalue weighted by molar-refractivity contribution is 8.00. The van der Waals surface area contributed by atoms with Crippen molar-refractivity contribution in [2.45, 2.75) is 187 Å². The molecule has 8 rings (SSSR count). The molecule has 135 heavy (non-hydrogen) atoms. The molecule has 0 aliphatic carbocycles. The van der Waals surface area contributed by atoms with Gasteiger partial charge >= 0.3 is 5.97 Å². The van der Waals surface area contributed by atoms with Crippen LogP contribution in [0.4, 0.5) is 13.2 Å². The summed E-state index contributed by atoms with van der Waals surface area (Å²) in [5, 5.41) is 63.0. The number of aromatic hydroxyl groups is 3. The SMILES string of the molecule is C.C.CCCC[C@H]1C(=O)N(C)CC(=O)N[C@@H](CC(=O)O)C(=O)N[C@@H](C(C)C)C(=O)N(C)[C@@H](Cc2ccccc2)C(=O)N[C@@H](Cc2ccc(O)cc2)C(=O)N(C)CC(=O)N[C@@H](Cc2c[nH]c3ccccc23)C(=O)N[C@@H](Cc2ccc(O)c(O)c2)C(=O)N[C@@H](CC(C)C)C(=O)N[C@H](C(=O)NCC(N)=O)CSCC(=O)C[C@@H](Cc2cc(F)c(F)c(F)c2)C(=O)N(C)[C@@H](Cc2ccccc2)C(=O)N1C. The number of nitrogens with two attached hydrogens (primary N) is 1. The van der Waals surface area contributed by atoms with E-state index in [2.05, 4.69) is 47.5 Å². The smallest absolute Gasteiger partial charge is 0.305 e. The van der Waals surface area contributed by atoms with Crippen LogP contribution in [0.3, 0.4) is 0 Å². The van der Waals surface area contributed by atoms with Crippen molar-refractivity contribution in [2.24, 2.45) is 23.5 Å². The summed E-state index contributed by atoms with van der Waals surface area (Å²) in [6, 6.07) is 17.2. The lowest BCUT2D eigenvalue weighted by Crippen LogP contribution is -2.61. The molecule has 15 N–H and O–H groups in total. The standard InChI is InChI=1S/C94H116F3N15O20S.2CH4/c1-11-12-27-73-92(130)109(7)49-80(119)102-70(45-81(120)121)88(126)107-83(53(4)5)94(132)111(9)74(40-54-21-15-13-16-22-54)89(127)105-71(38-56-28-31-61(113)32-29-56)91(129)108(6)48-79(118)101-69(44-60-46-99-66-26-20-19-25-63(60)66)87(125)104-68(39-57-30-33-76(115)77(116)42-57)86(124)103-67(34-52(2)3)85(123)106-72(84(122)100-47-78(98)117)51-133-50-62(114)43-59(35-58-36-64(95)82(97)65(96)37-58)90(128)112(10)75(93(131)110(73)8)41-55-23-17-14-18-24-55;;/h13-26,28-33,36-37,42,46,52-53,59,67-75,83,99,113,115-116H,11-12,27,34-35,38-41,43-45,47-51H2,1-10H3,(H2,98,117)(H,100,122)(H,101,118)(H,102,119)(H,103,124)(H,104,125)(H,105,127)(H,106,123)(H,107,126)(H,120,121);2*1H4/t59-,67+,68+,69+,70+,71+,72+,73+,74+,75+,83+;;/m1../s1. The molecule has 0 bridgehead atoms. The molecular weight excluding hydrogens is 1770 g/mol. The number of aliphatic carboxylic acids is 1. The number of carbonyl (C=O) groups is 16. The molecule has 1 fully saturated rings. The molecule has 35 nitrogen and oxygen atoms in total. The maximum atomic E-state index is 15.5. The van der Waals surface area contributed by atoms with E-state index in [0.29, 0.717) is 63.5 Å². The number of carbonyl (C=O) groups excluding carboxylic acids is 15. The monoisotopic (exact) mass is 1900 g/mol. The molecule has 6 aromatic carbocycles. The normalized spacial score (nSPS) is 21.4. The van der Waals surface area contributed by atoms with Crippen LogP contribution in [0.25, 0.3) is 10.9 Å². The van der Waals surface area contributed by atoms with Gasteiger partial charge in [-0.05, 0) is 107 Å². The third-order valence-corrected chi connectivity index (χ3v) is 23.7. The summed E-state index contributed by atoms with van der Waals surface area (Å²) in [6.45, 7) is 5.69. The lowest BCUT2D eigenvalue weighted by molar-refractivity contribution is -0.152. The van der Waals surface area contributed by atoms with Crippen molar-refractivity contribution in [3.63, 3.8) is 0 Å². The Labute approximate surface area is 786 Å². The van der Waals surface area contributed by atoms with Crippen LogP contribution in [0.5, 0.6) is 17.2 Å². The first-order valence-electron chi connectivity index (χ1n) is 43.3. The fraction of sp³-hybridized carbons (Fsp3) is 0.438. The number of likely N-dealkylation sites (N-methyl/N-ethyl adjacent to an activating group) is 5. The summed E-state index contributed by atoms with van der Waals surface area (Å²) >= 11 is 0.709. The second-order valence-corrected chi connectivity index (χ2v) is 35.0. The fourth-order valence-electron chi connectivity index (χ4n) is 15.4. The van der Waals surface area contributed by atoms with Crippen molar-refractivity contribution in [1.29, 1.82) is 0 Å². The lowest BCUT2D eigenvalue weighted by Gasteiger charge is -2.37. The molecule has 1 aromatic heterocycles. The number of para-hydroxylation sites is 1. The highest BCUT2D eigenvalue weighted by Gasteiger charge is 2.43. The van der Waals surface area contributed by atoms with Crippen LogP contribution >= 0.6 is 11.8 Å². The Morgan fingerprint density at radius 3 is 1.60 bits per heavy atom. The van der Waals surface area contributed by atoms with Gasteiger partial charge in [-0.3, -0.25) is 76.7 Å². The Hall–Kier alpha value is -13.9. The summed E-state index contributed by atoms with van der Waals surface area (Å²) in [7, 11) is 6.13. The summed E-state index contributed by atoms with van der Waals surface area (Å²) < 4.78 is 45.0. The van der Waals surface area contributed by atoms with Crippen LogP contribution < -0.4 is 48.3 Å². The number of phenolic OH excluding ortho intramolecular Hbond substituents is 3. The quantitative estimate of drug-likeness (QED) is 0.0302. The summed E-state index contributed by atoms with van der Waals surface area (Å²) in [5.41, 5.74) is 7.61. The van der Waals surface area contributed by atoms with Crippen LogP contribution in [0.2, 0.25) is 0 Å². The van der Waals surface area contributed by atoms with Crippen molar-refractivity contribution in [2.75, 3.05) is 66.4 Å². The van der Waals surface area contributed by atoms with Crippen molar-refractivity contribution < 1.29 is 110 Å². The van der Waals surface area contributed by atoms with Crippen LogP contribution in [0, 0.1) is 35.2 Å². The number of halogens is 3. The average Bonchev–Trinajstić information content (AvgIpc) is 1.80. The number of ketones is 1. The van der Waals surface area contributed by atoms with Gasteiger partial charge in [0, 0.05) is 103 Å². The van der Waals surface area contributed by atoms with Gasteiger partial charge in [-0.25, -0.2) is 13.2 Å². The van der Waals surface area contributed by atoms with Crippen molar-refractivity contribution in [3.8, 4) is 17.2 Å². The third kappa shape index (κ3) is 32.2. The molecule has 1 aliphatic heterocycles. The summed E-state index contributed by atoms with van der Waals surface area (Å²) in [4.78, 5) is 243. The second kappa shape index (κ2) is 52.0. The molecule has 0 unspecified atom stereocenters.